The second kappa shape index (κ2) is 3.77. The zero-order valence-electron chi connectivity index (χ0n) is 7.02. The van der Waals surface area contributed by atoms with Gasteiger partial charge in [-0.05, 0) is 30.5 Å². The summed E-state index contributed by atoms with van der Waals surface area (Å²) in [4.78, 5) is 0. The van der Waals surface area contributed by atoms with Crippen LogP contribution in [0.3, 0.4) is 0 Å². The molecule has 1 aromatic rings. The van der Waals surface area contributed by atoms with Gasteiger partial charge >= 0.3 is 0 Å². The lowest BCUT2D eigenvalue weighted by Gasteiger charge is -2.04. The lowest BCUT2D eigenvalue weighted by atomic mass is 10.0. The van der Waals surface area contributed by atoms with E-state index < -0.39 is 0 Å². The fourth-order valence-electron chi connectivity index (χ4n) is 1.19. The largest absolute Gasteiger partial charge is 0.0840 e. The van der Waals surface area contributed by atoms with Crippen LogP contribution >= 0.6 is 11.6 Å². The molecule has 0 aliphatic rings. The van der Waals surface area contributed by atoms with E-state index in [4.69, 9.17) is 11.6 Å². The lowest BCUT2D eigenvalue weighted by Crippen LogP contribution is -1.88. The summed E-state index contributed by atoms with van der Waals surface area (Å²) >= 11 is 5.95. The third kappa shape index (κ3) is 1.97. The molecule has 0 saturated carbocycles. The molecule has 60 valence electrons. The van der Waals surface area contributed by atoms with Crippen molar-refractivity contribution in [2.45, 2.75) is 26.7 Å². The van der Waals surface area contributed by atoms with E-state index in [9.17, 15) is 0 Å². The van der Waals surface area contributed by atoms with Crippen molar-refractivity contribution in [2.75, 3.05) is 0 Å². The van der Waals surface area contributed by atoms with Crippen molar-refractivity contribution in [2.24, 2.45) is 0 Å². The van der Waals surface area contributed by atoms with Gasteiger partial charge < -0.3 is 0 Å². The predicted octanol–water partition coefficient (Wildman–Crippen LogP) is 3.60. The standard InChI is InChI=1S/C10H13Cl/c1-3-5-9-6-4-7-10(11)8(9)2/h4,6-7H,3,5H2,1-2H3. The summed E-state index contributed by atoms with van der Waals surface area (Å²) in [6.07, 6.45) is 2.31. The number of benzene rings is 1. The molecule has 0 nitrogen and oxygen atoms in total. The first-order valence-electron chi connectivity index (χ1n) is 3.99. The first-order valence-corrected chi connectivity index (χ1v) is 4.37. The van der Waals surface area contributed by atoms with Gasteiger partial charge in [-0.25, -0.2) is 0 Å². The molecule has 0 unspecified atom stereocenters. The monoisotopic (exact) mass is 168 g/mol. The summed E-state index contributed by atoms with van der Waals surface area (Å²) in [6, 6.07) is 6.10. The second-order valence-electron chi connectivity index (χ2n) is 2.77. The summed E-state index contributed by atoms with van der Waals surface area (Å²) in [5.41, 5.74) is 2.61. The maximum Gasteiger partial charge on any atom is 0.0437 e. The minimum atomic E-state index is 0.885. The van der Waals surface area contributed by atoms with Crippen LogP contribution in [0, 0.1) is 6.92 Å². The van der Waals surface area contributed by atoms with Gasteiger partial charge in [0.1, 0.15) is 0 Å². The number of hydrogen-bond acceptors (Lipinski definition) is 0. The Kier molecular flexibility index (Phi) is 2.95. The van der Waals surface area contributed by atoms with Crippen LogP contribution in [0.5, 0.6) is 0 Å². The molecular weight excluding hydrogens is 156 g/mol. The molecule has 0 saturated heterocycles. The van der Waals surface area contributed by atoms with Crippen molar-refractivity contribution in [3.05, 3.63) is 34.3 Å². The highest BCUT2D eigenvalue weighted by molar-refractivity contribution is 6.31. The van der Waals surface area contributed by atoms with Gasteiger partial charge in [0.2, 0.25) is 0 Å². The Morgan fingerprint density at radius 2 is 2.09 bits per heavy atom. The molecule has 0 fully saturated rings. The fraction of sp³-hybridized carbons (Fsp3) is 0.400. The molecule has 0 radical (unpaired) electrons. The molecule has 1 aromatic carbocycles. The number of rotatable bonds is 2. The zero-order chi connectivity index (χ0) is 8.27. The van der Waals surface area contributed by atoms with Gasteiger partial charge in [0.05, 0.1) is 0 Å². The first-order chi connectivity index (χ1) is 5.25. The predicted molar refractivity (Wildman–Crippen MR) is 50.2 cm³/mol. The molecule has 0 atom stereocenters. The van der Waals surface area contributed by atoms with Crippen molar-refractivity contribution in [1.29, 1.82) is 0 Å². The Morgan fingerprint density at radius 1 is 1.36 bits per heavy atom. The van der Waals surface area contributed by atoms with E-state index in [0.717, 1.165) is 11.4 Å². The fourth-order valence-corrected chi connectivity index (χ4v) is 1.39. The van der Waals surface area contributed by atoms with Gasteiger partial charge in [0, 0.05) is 5.02 Å². The first kappa shape index (κ1) is 8.61. The topological polar surface area (TPSA) is 0 Å². The van der Waals surface area contributed by atoms with Gasteiger partial charge in [-0.1, -0.05) is 37.1 Å². The Hall–Kier alpha value is -0.490. The summed E-state index contributed by atoms with van der Waals surface area (Å²) in [5.74, 6) is 0. The normalized spacial score (nSPS) is 10.1. The molecule has 0 bridgehead atoms. The van der Waals surface area contributed by atoms with Gasteiger partial charge in [0.25, 0.3) is 0 Å². The van der Waals surface area contributed by atoms with E-state index in [1.54, 1.807) is 0 Å². The Morgan fingerprint density at radius 3 is 2.73 bits per heavy atom. The number of halogens is 1. The smallest absolute Gasteiger partial charge is 0.0437 e. The lowest BCUT2D eigenvalue weighted by molar-refractivity contribution is 0.913. The van der Waals surface area contributed by atoms with Gasteiger partial charge in [-0.3, -0.25) is 0 Å². The molecule has 1 heteroatoms. The van der Waals surface area contributed by atoms with E-state index in [-0.39, 0.29) is 0 Å². The summed E-state index contributed by atoms with van der Waals surface area (Å²) < 4.78 is 0. The molecule has 0 spiro atoms. The molecule has 1 rings (SSSR count). The Balaban J connectivity index is 2.96. The van der Waals surface area contributed by atoms with Crippen LogP contribution in [-0.4, -0.2) is 0 Å². The van der Waals surface area contributed by atoms with Crippen molar-refractivity contribution in [1.82, 2.24) is 0 Å². The van der Waals surface area contributed by atoms with Crippen molar-refractivity contribution in [3.63, 3.8) is 0 Å². The van der Waals surface area contributed by atoms with Crippen LogP contribution in [0.2, 0.25) is 5.02 Å². The van der Waals surface area contributed by atoms with E-state index >= 15 is 0 Å². The van der Waals surface area contributed by atoms with Crippen LogP contribution < -0.4 is 0 Å². The molecule has 0 amide bonds. The number of hydrogen-bond donors (Lipinski definition) is 0. The average molecular weight is 169 g/mol. The minimum absolute atomic E-state index is 0.885. The van der Waals surface area contributed by atoms with Crippen LogP contribution in [0.25, 0.3) is 0 Å². The average Bonchev–Trinajstić information content (AvgIpc) is 1.99. The third-order valence-electron chi connectivity index (χ3n) is 1.90. The van der Waals surface area contributed by atoms with Crippen LogP contribution in [-0.2, 0) is 6.42 Å². The van der Waals surface area contributed by atoms with Crippen molar-refractivity contribution in [3.8, 4) is 0 Å². The second-order valence-corrected chi connectivity index (χ2v) is 3.18. The summed E-state index contributed by atoms with van der Waals surface area (Å²) in [7, 11) is 0. The van der Waals surface area contributed by atoms with Crippen molar-refractivity contribution >= 4 is 11.6 Å². The molecule has 0 aliphatic heterocycles. The summed E-state index contributed by atoms with van der Waals surface area (Å²) in [5, 5.41) is 0.885. The van der Waals surface area contributed by atoms with Crippen molar-refractivity contribution < 1.29 is 0 Å². The highest BCUT2D eigenvalue weighted by Gasteiger charge is 1.99. The molecule has 0 aromatic heterocycles. The maximum atomic E-state index is 5.95. The number of aryl methyl sites for hydroxylation is 1. The molecule has 0 N–H and O–H groups in total. The Bertz CT molecular complexity index is 241. The zero-order valence-corrected chi connectivity index (χ0v) is 7.78. The highest BCUT2D eigenvalue weighted by Crippen LogP contribution is 2.19. The van der Waals surface area contributed by atoms with E-state index in [0.29, 0.717) is 0 Å². The van der Waals surface area contributed by atoms with Gasteiger partial charge in [-0.2, -0.15) is 0 Å². The summed E-state index contributed by atoms with van der Waals surface area (Å²) in [6.45, 7) is 4.26. The quantitative estimate of drug-likeness (QED) is 0.633. The van der Waals surface area contributed by atoms with E-state index in [2.05, 4.69) is 19.9 Å². The van der Waals surface area contributed by atoms with Crippen LogP contribution in [0.15, 0.2) is 18.2 Å². The van der Waals surface area contributed by atoms with Crippen LogP contribution in [0.4, 0.5) is 0 Å². The minimum Gasteiger partial charge on any atom is -0.0840 e. The SMILES string of the molecule is CCCc1cccc(Cl)c1C. The molecule has 0 heterocycles. The van der Waals surface area contributed by atoms with Gasteiger partial charge in [-0.15, -0.1) is 0 Å². The molecular formula is C10H13Cl. The molecule has 11 heavy (non-hydrogen) atoms. The van der Waals surface area contributed by atoms with Gasteiger partial charge in [0.15, 0.2) is 0 Å². The van der Waals surface area contributed by atoms with E-state index in [1.807, 2.05) is 12.1 Å². The Labute approximate surface area is 73.2 Å². The van der Waals surface area contributed by atoms with Crippen LogP contribution in [0.1, 0.15) is 24.5 Å². The molecule has 0 aliphatic carbocycles. The highest BCUT2D eigenvalue weighted by atomic mass is 35.5. The van der Waals surface area contributed by atoms with E-state index in [1.165, 1.54) is 17.5 Å². The third-order valence-corrected chi connectivity index (χ3v) is 2.31. The maximum absolute atomic E-state index is 5.95.